The molecule has 2 rings (SSSR count). The van der Waals surface area contributed by atoms with E-state index < -0.39 is 0 Å². The first-order valence-corrected chi connectivity index (χ1v) is 6.99. The zero-order chi connectivity index (χ0) is 13.1. The van der Waals surface area contributed by atoms with Crippen molar-refractivity contribution in [2.45, 2.75) is 13.5 Å². The Labute approximate surface area is 118 Å². The summed E-state index contributed by atoms with van der Waals surface area (Å²) in [6, 6.07) is 9.05. The number of rotatable bonds is 3. The molecule has 0 aliphatic carbocycles. The Kier molecular flexibility index (Phi) is 4.16. The molecule has 5 heteroatoms. The number of aliphatic hydroxyl groups excluding tert-OH is 1. The van der Waals surface area contributed by atoms with Crippen LogP contribution >= 0.6 is 27.3 Å². The van der Waals surface area contributed by atoms with Crippen molar-refractivity contribution in [2.75, 3.05) is 5.32 Å². The third-order valence-electron chi connectivity index (χ3n) is 2.52. The lowest BCUT2D eigenvalue weighted by Gasteiger charge is -2.07. The van der Waals surface area contributed by atoms with Crippen molar-refractivity contribution in [2.24, 2.45) is 0 Å². The normalized spacial score (nSPS) is 10.4. The minimum absolute atomic E-state index is 0.0936. The summed E-state index contributed by atoms with van der Waals surface area (Å²) in [5.74, 6) is -0.158. The van der Waals surface area contributed by atoms with Crippen molar-refractivity contribution in [1.29, 1.82) is 0 Å². The summed E-state index contributed by atoms with van der Waals surface area (Å²) in [5.41, 5.74) is 2.39. The van der Waals surface area contributed by atoms with Gasteiger partial charge in [0, 0.05) is 11.3 Å². The highest BCUT2D eigenvalue weighted by atomic mass is 79.9. The van der Waals surface area contributed by atoms with Crippen LogP contribution in [0.1, 0.15) is 20.8 Å². The summed E-state index contributed by atoms with van der Waals surface area (Å²) < 4.78 is 0.961. The lowest BCUT2D eigenvalue weighted by atomic mass is 10.2. The fourth-order valence-corrected chi connectivity index (χ4v) is 2.97. The topological polar surface area (TPSA) is 49.3 Å². The Morgan fingerprint density at radius 3 is 2.78 bits per heavy atom. The van der Waals surface area contributed by atoms with Crippen molar-refractivity contribution in [3.63, 3.8) is 0 Å². The van der Waals surface area contributed by atoms with E-state index in [1.54, 1.807) is 12.1 Å². The van der Waals surface area contributed by atoms with Crippen molar-refractivity contribution in [3.05, 3.63) is 50.1 Å². The number of nitrogens with one attached hydrogen (secondary N) is 1. The average Bonchev–Trinajstić information content (AvgIpc) is 2.70. The van der Waals surface area contributed by atoms with Crippen LogP contribution in [0.3, 0.4) is 0 Å². The van der Waals surface area contributed by atoms with Crippen LogP contribution in [0.25, 0.3) is 0 Å². The quantitative estimate of drug-likeness (QED) is 0.906. The minimum atomic E-state index is -0.158. The predicted molar refractivity (Wildman–Crippen MR) is 77.1 cm³/mol. The molecule has 94 valence electrons. The molecular formula is C13H12BrNO2S. The van der Waals surface area contributed by atoms with Crippen LogP contribution in [0.15, 0.2) is 34.1 Å². The second kappa shape index (κ2) is 5.65. The molecule has 2 N–H and O–H groups in total. The van der Waals surface area contributed by atoms with Crippen LogP contribution in [-0.4, -0.2) is 11.0 Å². The van der Waals surface area contributed by atoms with Gasteiger partial charge in [-0.05, 0) is 40.5 Å². The van der Waals surface area contributed by atoms with E-state index in [1.165, 1.54) is 11.3 Å². The fraction of sp³-hybridized carbons (Fsp3) is 0.154. The number of para-hydroxylation sites is 1. The minimum Gasteiger partial charge on any atom is -0.392 e. The largest absolute Gasteiger partial charge is 0.392 e. The molecule has 1 amide bonds. The third-order valence-corrected chi connectivity index (χ3v) is 4.65. The van der Waals surface area contributed by atoms with Gasteiger partial charge in [-0.25, -0.2) is 0 Å². The number of benzene rings is 1. The van der Waals surface area contributed by atoms with Crippen LogP contribution < -0.4 is 5.32 Å². The van der Waals surface area contributed by atoms with E-state index in [4.69, 9.17) is 0 Å². The molecule has 2 aromatic rings. The molecule has 0 radical (unpaired) electrons. The lowest BCUT2D eigenvalue weighted by molar-refractivity contribution is 0.103. The predicted octanol–water partition coefficient (Wildman–Crippen LogP) is 3.56. The van der Waals surface area contributed by atoms with Gasteiger partial charge in [-0.1, -0.05) is 18.2 Å². The van der Waals surface area contributed by atoms with Crippen molar-refractivity contribution < 1.29 is 9.90 Å². The van der Waals surface area contributed by atoms with Crippen LogP contribution in [0.4, 0.5) is 5.69 Å². The molecular weight excluding hydrogens is 314 g/mol. The smallest absolute Gasteiger partial charge is 0.265 e. The fourth-order valence-electron chi connectivity index (χ4n) is 1.54. The SMILES string of the molecule is Cc1cc(C(=O)Nc2ccccc2CO)sc1Br. The van der Waals surface area contributed by atoms with Crippen molar-refractivity contribution >= 4 is 38.9 Å². The van der Waals surface area contributed by atoms with Gasteiger partial charge >= 0.3 is 0 Å². The Hall–Kier alpha value is -1.17. The van der Waals surface area contributed by atoms with Gasteiger partial charge in [-0.2, -0.15) is 0 Å². The van der Waals surface area contributed by atoms with Crippen LogP contribution in [0.2, 0.25) is 0 Å². The van der Waals surface area contributed by atoms with E-state index in [0.717, 1.165) is 9.35 Å². The Morgan fingerprint density at radius 2 is 2.17 bits per heavy atom. The number of hydrogen-bond donors (Lipinski definition) is 2. The average molecular weight is 326 g/mol. The van der Waals surface area contributed by atoms with Crippen LogP contribution in [0.5, 0.6) is 0 Å². The first-order chi connectivity index (χ1) is 8.61. The molecule has 0 atom stereocenters. The monoisotopic (exact) mass is 325 g/mol. The first kappa shape index (κ1) is 13.3. The summed E-state index contributed by atoms with van der Waals surface area (Å²) in [4.78, 5) is 12.7. The van der Waals surface area contributed by atoms with E-state index in [0.29, 0.717) is 16.1 Å². The molecule has 0 spiro atoms. The molecule has 1 aromatic carbocycles. The number of aliphatic hydroxyl groups is 1. The molecule has 18 heavy (non-hydrogen) atoms. The highest BCUT2D eigenvalue weighted by Gasteiger charge is 2.12. The van der Waals surface area contributed by atoms with Gasteiger partial charge in [0.2, 0.25) is 0 Å². The molecule has 0 saturated heterocycles. The third kappa shape index (κ3) is 2.80. The summed E-state index contributed by atoms with van der Waals surface area (Å²) in [6.45, 7) is 1.85. The van der Waals surface area contributed by atoms with Crippen LogP contribution in [0, 0.1) is 6.92 Å². The van der Waals surface area contributed by atoms with Gasteiger partial charge in [0.15, 0.2) is 0 Å². The highest BCUT2D eigenvalue weighted by Crippen LogP contribution is 2.28. The Morgan fingerprint density at radius 1 is 1.44 bits per heavy atom. The van der Waals surface area contributed by atoms with E-state index in [2.05, 4.69) is 21.2 Å². The molecule has 0 bridgehead atoms. The molecule has 1 heterocycles. The number of halogens is 1. The molecule has 0 saturated carbocycles. The number of carbonyl (C=O) groups excluding carboxylic acids is 1. The maximum absolute atomic E-state index is 12.0. The molecule has 0 aliphatic heterocycles. The second-order valence-electron chi connectivity index (χ2n) is 3.84. The maximum atomic E-state index is 12.0. The number of hydrogen-bond acceptors (Lipinski definition) is 3. The summed E-state index contributed by atoms with van der Waals surface area (Å²) in [6.07, 6.45) is 0. The number of carbonyl (C=O) groups is 1. The van der Waals surface area contributed by atoms with Crippen molar-refractivity contribution in [1.82, 2.24) is 0 Å². The molecule has 0 aliphatic rings. The van der Waals surface area contributed by atoms with Gasteiger partial charge in [-0.3, -0.25) is 4.79 Å². The van der Waals surface area contributed by atoms with E-state index in [9.17, 15) is 9.90 Å². The Bertz CT molecular complexity index is 561. The lowest BCUT2D eigenvalue weighted by Crippen LogP contribution is -2.11. The van der Waals surface area contributed by atoms with E-state index in [1.807, 2.05) is 25.1 Å². The first-order valence-electron chi connectivity index (χ1n) is 5.38. The van der Waals surface area contributed by atoms with Crippen molar-refractivity contribution in [3.8, 4) is 0 Å². The van der Waals surface area contributed by atoms with Gasteiger partial charge in [0.05, 0.1) is 15.3 Å². The number of aryl methyl sites for hydroxylation is 1. The number of thiophene rings is 1. The molecule has 1 aromatic heterocycles. The zero-order valence-corrected chi connectivity index (χ0v) is 12.1. The molecule has 0 fully saturated rings. The number of amides is 1. The maximum Gasteiger partial charge on any atom is 0.265 e. The zero-order valence-electron chi connectivity index (χ0n) is 9.74. The summed E-state index contributed by atoms with van der Waals surface area (Å²) in [7, 11) is 0. The van der Waals surface area contributed by atoms with Gasteiger partial charge in [0.1, 0.15) is 0 Å². The highest BCUT2D eigenvalue weighted by molar-refractivity contribution is 9.11. The Balaban J connectivity index is 2.21. The van der Waals surface area contributed by atoms with E-state index >= 15 is 0 Å². The molecule has 0 unspecified atom stereocenters. The van der Waals surface area contributed by atoms with Gasteiger partial charge < -0.3 is 10.4 Å². The van der Waals surface area contributed by atoms with Crippen LogP contribution in [-0.2, 0) is 6.61 Å². The standard InChI is InChI=1S/C13H12BrNO2S/c1-8-6-11(18-12(8)14)13(17)15-10-5-3-2-4-9(10)7-16/h2-6,16H,7H2,1H3,(H,15,17). The van der Waals surface area contributed by atoms with E-state index in [-0.39, 0.29) is 12.5 Å². The summed E-state index contributed by atoms with van der Waals surface area (Å²) in [5, 5.41) is 12.0. The molecule has 3 nitrogen and oxygen atoms in total. The summed E-state index contributed by atoms with van der Waals surface area (Å²) >= 11 is 4.79. The number of anilines is 1. The second-order valence-corrected chi connectivity index (χ2v) is 6.21. The van der Waals surface area contributed by atoms with Gasteiger partial charge in [0.25, 0.3) is 5.91 Å². The van der Waals surface area contributed by atoms with Gasteiger partial charge in [-0.15, -0.1) is 11.3 Å².